The molecule has 3 aromatic heterocycles. The minimum absolute atomic E-state index is 0.000256. The number of hydrogen-bond acceptors (Lipinski definition) is 7. The molecule has 0 spiro atoms. The van der Waals surface area contributed by atoms with E-state index in [1.54, 1.807) is 6.07 Å². The van der Waals surface area contributed by atoms with Crippen LogP contribution in [0.15, 0.2) is 55.0 Å². The van der Waals surface area contributed by atoms with Crippen molar-refractivity contribution in [3.8, 4) is 0 Å². The molecule has 11 nitrogen and oxygen atoms in total. The van der Waals surface area contributed by atoms with Crippen molar-refractivity contribution in [1.82, 2.24) is 45.6 Å². The van der Waals surface area contributed by atoms with Gasteiger partial charge in [-0.2, -0.15) is 13.2 Å². The average Bonchev–Trinajstić information content (AvgIpc) is 3.59. The summed E-state index contributed by atoms with van der Waals surface area (Å²) in [4.78, 5) is 28.3. The van der Waals surface area contributed by atoms with Crippen LogP contribution in [0.25, 0.3) is 0 Å². The summed E-state index contributed by atoms with van der Waals surface area (Å²) in [6, 6.07) is 7.41. The van der Waals surface area contributed by atoms with Crippen molar-refractivity contribution in [2.75, 3.05) is 0 Å². The van der Waals surface area contributed by atoms with E-state index in [1.165, 1.54) is 35.3 Å². The highest BCUT2D eigenvalue weighted by Gasteiger charge is 2.30. The third-order valence-electron chi connectivity index (χ3n) is 5.52. The van der Waals surface area contributed by atoms with Crippen molar-refractivity contribution in [2.45, 2.75) is 44.9 Å². The molecule has 0 saturated carbocycles. The molecule has 4 rings (SSSR count). The Morgan fingerprint density at radius 2 is 1.60 bits per heavy atom. The zero-order chi connectivity index (χ0) is 28.7. The van der Waals surface area contributed by atoms with Crippen LogP contribution in [0.3, 0.4) is 0 Å². The maximum Gasteiger partial charge on any atom is 0.416 e. The number of hydrogen-bond donors (Lipinski definition) is 2. The summed E-state index contributed by atoms with van der Waals surface area (Å²) in [5.41, 5.74) is -0.455. The largest absolute Gasteiger partial charge is 0.416 e. The van der Waals surface area contributed by atoms with Gasteiger partial charge < -0.3 is 10.6 Å². The first kappa shape index (κ1) is 28.3. The number of halogens is 5. The molecule has 0 fully saturated rings. The summed E-state index contributed by atoms with van der Waals surface area (Å²) < 4.78 is 68.6. The predicted molar refractivity (Wildman–Crippen MR) is 128 cm³/mol. The van der Waals surface area contributed by atoms with E-state index >= 15 is 0 Å². The van der Waals surface area contributed by atoms with Gasteiger partial charge in [0.2, 0.25) is 0 Å². The molecule has 2 N–H and O–H groups in total. The van der Waals surface area contributed by atoms with E-state index in [1.807, 2.05) is 0 Å². The first-order valence-electron chi connectivity index (χ1n) is 11.8. The predicted octanol–water partition coefficient (Wildman–Crippen LogP) is 2.71. The van der Waals surface area contributed by atoms with Gasteiger partial charge in [-0.3, -0.25) is 19.3 Å². The number of aryl methyl sites for hydroxylation is 1. The highest BCUT2D eigenvalue weighted by atomic mass is 19.4. The SMILES string of the molecule is O=C(NCc1cccc(F)c1)c1cn(CCC(F)Cn2cc(C(=O)NCc3cc(C(F)(F)F)ccn3)nn2)nn1. The van der Waals surface area contributed by atoms with E-state index in [-0.39, 0.29) is 49.7 Å². The highest BCUT2D eigenvalue weighted by molar-refractivity contribution is 5.92. The van der Waals surface area contributed by atoms with Gasteiger partial charge in [-0.25, -0.2) is 13.5 Å². The van der Waals surface area contributed by atoms with Gasteiger partial charge in [-0.05, 0) is 29.8 Å². The van der Waals surface area contributed by atoms with Crippen LogP contribution in [0.5, 0.6) is 0 Å². The van der Waals surface area contributed by atoms with Gasteiger partial charge >= 0.3 is 6.18 Å². The van der Waals surface area contributed by atoms with Crippen molar-refractivity contribution >= 4 is 11.8 Å². The molecule has 0 saturated heterocycles. The van der Waals surface area contributed by atoms with Gasteiger partial charge in [0.1, 0.15) is 12.0 Å². The van der Waals surface area contributed by atoms with E-state index in [0.717, 1.165) is 23.0 Å². The Morgan fingerprint density at radius 1 is 0.925 bits per heavy atom. The molecule has 0 aliphatic rings. The lowest BCUT2D eigenvalue weighted by Gasteiger charge is -2.08. The molecule has 1 atom stereocenters. The Balaban J connectivity index is 1.21. The Kier molecular flexibility index (Phi) is 8.76. The number of carbonyl (C=O) groups excluding carboxylic acids is 2. The number of alkyl halides is 4. The molecule has 0 bridgehead atoms. The topological polar surface area (TPSA) is 133 Å². The summed E-state index contributed by atoms with van der Waals surface area (Å²) >= 11 is 0. The number of rotatable bonds is 11. The fraction of sp³-hybridized carbons (Fsp3) is 0.292. The van der Waals surface area contributed by atoms with Crippen molar-refractivity contribution in [2.24, 2.45) is 0 Å². The van der Waals surface area contributed by atoms with Gasteiger partial charge in [0.05, 0.1) is 36.7 Å². The van der Waals surface area contributed by atoms with Crippen LogP contribution < -0.4 is 10.6 Å². The Bertz CT molecular complexity index is 1470. The molecule has 2 amide bonds. The maximum absolute atomic E-state index is 14.5. The quantitative estimate of drug-likeness (QED) is 0.268. The molecule has 1 aromatic carbocycles. The van der Waals surface area contributed by atoms with Crippen LogP contribution in [-0.2, 0) is 32.4 Å². The molecule has 0 radical (unpaired) electrons. The summed E-state index contributed by atoms with van der Waals surface area (Å²) in [6.45, 7) is -0.317. The van der Waals surface area contributed by atoms with Gasteiger partial charge in [0, 0.05) is 25.7 Å². The van der Waals surface area contributed by atoms with Crippen molar-refractivity contribution in [3.63, 3.8) is 0 Å². The van der Waals surface area contributed by atoms with Crippen molar-refractivity contribution in [3.05, 3.63) is 89.0 Å². The van der Waals surface area contributed by atoms with Crippen molar-refractivity contribution in [1.29, 1.82) is 0 Å². The number of pyridine rings is 1. The standard InChI is InChI=1S/C24H22F5N9O2/c25-17-3-1-2-15(8-17)10-31-22(39)20-13-37(35-33-20)7-5-18(26)12-38-14-21(34-36-38)23(40)32-11-19-9-16(4-6-30-19)24(27,28)29/h1-4,6,8-9,13-14,18H,5,7,10-12H2,(H,31,39)(H,32,40). The lowest BCUT2D eigenvalue weighted by molar-refractivity contribution is -0.137. The molecule has 4 aromatic rings. The Labute approximate surface area is 223 Å². The summed E-state index contributed by atoms with van der Waals surface area (Å²) in [5, 5.41) is 19.9. The van der Waals surface area contributed by atoms with Crippen LogP contribution in [-0.4, -0.2) is 53.0 Å². The summed E-state index contributed by atoms with van der Waals surface area (Å²) in [7, 11) is 0. The fourth-order valence-electron chi connectivity index (χ4n) is 3.50. The first-order chi connectivity index (χ1) is 19.1. The molecule has 16 heteroatoms. The van der Waals surface area contributed by atoms with Crippen LogP contribution in [0.4, 0.5) is 22.0 Å². The monoisotopic (exact) mass is 563 g/mol. The average molecular weight is 563 g/mol. The second kappa shape index (κ2) is 12.4. The lowest BCUT2D eigenvalue weighted by atomic mass is 10.2. The highest BCUT2D eigenvalue weighted by Crippen LogP contribution is 2.28. The molecule has 0 aliphatic heterocycles. The number of amides is 2. The minimum atomic E-state index is -4.54. The van der Waals surface area contributed by atoms with Crippen LogP contribution in [0.1, 0.15) is 44.2 Å². The number of carbonyl (C=O) groups is 2. The van der Waals surface area contributed by atoms with E-state index < -0.39 is 35.5 Å². The van der Waals surface area contributed by atoms with E-state index in [9.17, 15) is 31.5 Å². The molecular weight excluding hydrogens is 541 g/mol. The smallest absolute Gasteiger partial charge is 0.347 e. The van der Waals surface area contributed by atoms with Gasteiger partial charge in [-0.15, -0.1) is 10.2 Å². The van der Waals surface area contributed by atoms with Gasteiger partial charge in [-0.1, -0.05) is 22.6 Å². The molecule has 1 unspecified atom stereocenters. The third-order valence-corrected chi connectivity index (χ3v) is 5.52. The normalized spacial score (nSPS) is 12.2. The van der Waals surface area contributed by atoms with Crippen LogP contribution >= 0.6 is 0 Å². The van der Waals surface area contributed by atoms with E-state index in [0.29, 0.717) is 5.56 Å². The van der Waals surface area contributed by atoms with Gasteiger partial charge in [0.15, 0.2) is 11.4 Å². The Hall–Kier alpha value is -4.76. The zero-order valence-corrected chi connectivity index (χ0v) is 20.6. The van der Waals surface area contributed by atoms with E-state index in [2.05, 4.69) is 36.2 Å². The second-order valence-corrected chi connectivity index (χ2v) is 8.61. The number of aromatic nitrogens is 7. The first-order valence-corrected chi connectivity index (χ1v) is 11.8. The number of nitrogens with one attached hydrogen (secondary N) is 2. The molecule has 40 heavy (non-hydrogen) atoms. The summed E-state index contributed by atoms with van der Waals surface area (Å²) in [5.74, 6) is -1.66. The van der Waals surface area contributed by atoms with Gasteiger partial charge in [0.25, 0.3) is 11.8 Å². The molecule has 210 valence electrons. The molecule has 0 aliphatic carbocycles. The fourth-order valence-corrected chi connectivity index (χ4v) is 3.50. The number of nitrogens with zero attached hydrogens (tertiary/aromatic N) is 7. The van der Waals surface area contributed by atoms with Crippen LogP contribution in [0, 0.1) is 5.82 Å². The molecular formula is C24H22F5N9O2. The van der Waals surface area contributed by atoms with Crippen LogP contribution in [0.2, 0.25) is 0 Å². The second-order valence-electron chi connectivity index (χ2n) is 8.61. The molecule has 3 heterocycles. The van der Waals surface area contributed by atoms with Crippen molar-refractivity contribution < 1.29 is 31.5 Å². The minimum Gasteiger partial charge on any atom is -0.347 e. The number of benzene rings is 1. The lowest BCUT2D eigenvalue weighted by Crippen LogP contribution is -2.24. The zero-order valence-electron chi connectivity index (χ0n) is 20.6. The van der Waals surface area contributed by atoms with E-state index in [4.69, 9.17) is 0 Å². The summed E-state index contributed by atoms with van der Waals surface area (Å²) in [6.07, 6.45) is -2.42. The Morgan fingerprint density at radius 3 is 2.30 bits per heavy atom. The maximum atomic E-state index is 14.5. The third kappa shape index (κ3) is 7.87.